The van der Waals surface area contributed by atoms with Gasteiger partial charge in [0.2, 0.25) is 0 Å². The Morgan fingerprint density at radius 3 is 1.86 bits per heavy atom. The molecule has 4 rings (SSSR count). The normalized spacial score (nSPS) is 11.8. The van der Waals surface area contributed by atoms with Gasteiger partial charge >= 0.3 is 0 Å². The van der Waals surface area contributed by atoms with Crippen LogP contribution >= 0.6 is 0 Å². The highest BCUT2D eigenvalue weighted by molar-refractivity contribution is 6.32. The van der Waals surface area contributed by atoms with E-state index < -0.39 is 11.6 Å². The van der Waals surface area contributed by atoms with Crippen LogP contribution in [0.2, 0.25) is 0 Å². The second-order valence-electron chi connectivity index (χ2n) is 6.21. The molecule has 3 aromatic carbocycles. The first-order valence-corrected chi connectivity index (χ1v) is 8.38. The molecule has 132 valence electrons. The SMILES string of the molecule is N#Cc1c(N)c2c(c(Nc3ccccc3)c1C#N)C(=O)c1ccccc1C2=O. The number of benzene rings is 3. The molecule has 28 heavy (non-hydrogen) atoms. The quantitative estimate of drug-likeness (QED) is 0.525. The van der Waals surface area contributed by atoms with Crippen molar-refractivity contribution < 1.29 is 9.59 Å². The molecule has 0 fully saturated rings. The maximum atomic E-state index is 13.2. The summed E-state index contributed by atoms with van der Waals surface area (Å²) in [5.41, 5.74) is 6.90. The number of hydrogen-bond donors (Lipinski definition) is 2. The largest absolute Gasteiger partial charge is 0.397 e. The number of nitrogens with one attached hydrogen (secondary N) is 1. The lowest BCUT2D eigenvalue weighted by Gasteiger charge is -2.24. The Labute approximate surface area is 160 Å². The van der Waals surface area contributed by atoms with Crippen LogP contribution < -0.4 is 11.1 Å². The van der Waals surface area contributed by atoms with E-state index in [0.717, 1.165) is 0 Å². The summed E-state index contributed by atoms with van der Waals surface area (Å²) in [5.74, 6) is -0.865. The monoisotopic (exact) mass is 364 g/mol. The van der Waals surface area contributed by atoms with E-state index in [-0.39, 0.29) is 44.8 Å². The summed E-state index contributed by atoms with van der Waals surface area (Å²) in [6.07, 6.45) is 0. The Balaban J connectivity index is 2.09. The summed E-state index contributed by atoms with van der Waals surface area (Å²) in [6, 6.07) is 19.2. The first kappa shape index (κ1) is 17.0. The number of nitrogens with two attached hydrogens (primary N) is 1. The first-order valence-electron chi connectivity index (χ1n) is 8.38. The van der Waals surface area contributed by atoms with Crippen molar-refractivity contribution in [1.29, 1.82) is 10.5 Å². The summed E-state index contributed by atoms with van der Waals surface area (Å²) in [6.45, 7) is 0. The van der Waals surface area contributed by atoms with Gasteiger partial charge in [0.15, 0.2) is 11.6 Å². The van der Waals surface area contributed by atoms with E-state index in [1.165, 1.54) is 0 Å². The minimum atomic E-state index is -0.445. The van der Waals surface area contributed by atoms with Crippen molar-refractivity contribution >= 4 is 28.6 Å². The van der Waals surface area contributed by atoms with Gasteiger partial charge in [0.05, 0.1) is 33.6 Å². The minimum absolute atomic E-state index is 0.0144. The number of carbonyl (C=O) groups is 2. The third-order valence-corrected chi connectivity index (χ3v) is 4.68. The molecule has 3 N–H and O–H groups in total. The van der Waals surface area contributed by atoms with Crippen LogP contribution in [0, 0.1) is 22.7 Å². The fourth-order valence-corrected chi connectivity index (χ4v) is 3.40. The Hall–Kier alpha value is -4.42. The lowest BCUT2D eigenvalue weighted by molar-refractivity contribution is 0.0980. The van der Waals surface area contributed by atoms with Crippen LogP contribution in [0.4, 0.5) is 17.1 Å². The Kier molecular flexibility index (Phi) is 3.88. The van der Waals surface area contributed by atoms with Crippen LogP contribution in [0.15, 0.2) is 54.6 Å². The topological polar surface area (TPSA) is 120 Å². The Bertz CT molecular complexity index is 1250. The highest BCUT2D eigenvalue weighted by Crippen LogP contribution is 2.41. The van der Waals surface area contributed by atoms with Gasteiger partial charge in [-0.3, -0.25) is 9.59 Å². The average molecular weight is 364 g/mol. The van der Waals surface area contributed by atoms with E-state index >= 15 is 0 Å². The van der Waals surface area contributed by atoms with Crippen LogP contribution in [-0.2, 0) is 0 Å². The van der Waals surface area contributed by atoms with Gasteiger partial charge in [-0.2, -0.15) is 10.5 Å². The van der Waals surface area contributed by atoms with E-state index in [2.05, 4.69) is 5.32 Å². The van der Waals surface area contributed by atoms with E-state index in [9.17, 15) is 20.1 Å². The molecule has 0 atom stereocenters. The number of para-hydroxylation sites is 1. The van der Waals surface area contributed by atoms with E-state index in [1.54, 1.807) is 48.5 Å². The zero-order valence-corrected chi connectivity index (χ0v) is 14.5. The molecule has 0 aliphatic heterocycles. The summed E-state index contributed by atoms with van der Waals surface area (Å²) in [4.78, 5) is 26.3. The summed E-state index contributed by atoms with van der Waals surface area (Å²) in [5, 5.41) is 22.3. The fraction of sp³-hybridized carbons (Fsp3) is 0. The van der Waals surface area contributed by atoms with E-state index in [1.807, 2.05) is 18.2 Å². The lowest BCUT2D eigenvalue weighted by Crippen LogP contribution is -2.25. The van der Waals surface area contributed by atoms with Crippen LogP contribution in [0.25, 0.3) is 0 Å². The van der Waals surface area contributed by atoms with Gasteiger partial charge in [-0.1, -0.05) is 42.5 Å². The Morgan fingerprint density at radius 1 is 0.750 bits per heavy atom. The molecule has 0 heterocycles. The van der Waals surface area contributed by atoms with Crippen molar-refractivity contribution in [2.75, 3.05) is 11.1 Å². The average Bonchev–Trinajstić information content (AvgIpc) is 2.73. The second kappa shape index (κ2) is 6.39. The second-order valence-corrected chi connectivity index (χ2v) is 6.21. The molecular formula is C22H12N4O2. The molecule has 3 aromatic rings. The fourth-order valence-electron chi connectivity index (χ4n) is 3.40. The van der Waals surface area contributed by atoms with E-state index in [4.69, 9.17) is 5.73 Å². The van der Waals surface area contributed by atoms with Gasteiger partial charge in [0.1, 0.15) is 12.1 Å². The lowest BCUT2D eigenvalue weighted by atomic mass is 9.79. The van der Waals surface area contributed by atoms with Crippen LogP contribution in [0.5, 0.6) is 0 Å². The van der Waals surface area contributed by atoms with Gasteiger partial charge in [0.25, 0.3) is 0 Å². The van der Waals surface area contributed by atoms with Crippen LogP contribution in [-0.4, -0.2) is 11.6 Å². The van der Waals surface area contributed by atoms with Crippen molar-refractivity contribution in [2.45, 2.75) is 0 Å². The van der Waals surface area contributed by atoms with Crippen molar-refractivity contribution in [2.24, 2.45) is 0 Å². The number of ketones is 2. The number of nitrogen functional groups attached to an aromatic ring is 1. The molecule has 0 aromatic heterocycles. The molecule has 0 radical (unpaired) electrons. The molecule has 0 bridgehead atoms. The molecule has 0 saturated heterocycles. The maximum Gasteiger partial charge on any atom is 0.196 e. The zero-order chi connectivity index (χ0) is 19.8. The van der Waals surface area contributed by atoms with Crippen LogP contribution in [0.3, 0.4) is 0 Å². The van der Waals surface area contributed by atoms with Crippen molar-refractivity contribution in [3.05, 3.63) is 88.0 Å². The summed E-state index contributed by atoms with van der Waals surface area (Å²) < 4.78 is 0. The number of nitriles is 2. The number of anilines is 3. The smallest absolute Gasteiger partial charge is 0.196 e. The Morgan fingerprint density at radius 2 is 1.29 bits per heavy atom. The number of carbonyl (C=O) groups excluding carboxylic acids is 2. The third-order valence-electron chi connectivity index (χ3n) is 4.68. The molecule has 0 spiro atoms. The number of fused-ring (bicyclic) bond motifs is 2. The third kappa shape index (κ3) is 2.33. The summed E-state index contributed by atoms with van der Waals surface area (Å²) in [7, 11) is 0. The molecule has 1 aliphatic carbocycles. The van der Waals surface area contributed by atoms with Gasteiger partial charge < -0.3 is 11.1 Å². The first-order chi connectivity index (χ1) is 13.6. The standard InChI is InChI=1S/C22H12N4O2/c23-10-15-16(11-24)20(26-12-6-2-1-3-7-12)18-17(19(15)25)21(27)13-8-4-5-9-14(13)22(18)28/h1-9,26H,25H2. The van der Waals surface area contributed by atoms with Gasteiger partial charge in [-0.15, -0.1) is 0 Å². The summed E-state index contributed by atoms with van der Waals surface area (Å²) >= 11 is 0. The predicted octanol–water partition coefficient (Wildman–Crippen LogP) is 3.53. The van der Waals surface area contributed by atoms with E-state index in [0.29, 0.717) is 5.69 Å². The minimum Gasteiger partial charge on any atom is -0.397 e. The molecule has 6 nitrogen and oxygen atoms in total. The number of rotatable bonds is 2. The molecule has 6 heteroatoms. The van der Waals surface area contributed by atoms with Gasteiger partial charge in [-0.25, -0.2) is 0 Å². The molecule has 0 amide bonds. The highest BCUT2D eigenvalue weighted by atomic mass is 16.1. The zero-order valence-electron chi connectivity index (χ0n) is 14.5. The maximum absolute atomic E-state index is 13.2. The molecule has 1 aliphatic rings. The van der Waals surface area contributed by atoms with Crippen molar-refractivity contribution in [3.8, 4) is 12.1 Å². The van der Waals surface area contributed by atoms with Gasteiger partial charge in [0, 0.05) is 16.8 Å². The highest BCUT2D eigenvalue weighted by Gasteiger charge is 2.36. The van der Waals surface area contributed by atoms with Gasteiger partial charge in [-0.05, 0) is 12.1 Å². The molecule has 0 unspecified atom stereocenters. The number of hydrogen-bond acceptors (Lipinski definition) is 6. The van der Waals surface area contributed by atoms with Crippen molar-refractivity contribution in [3.63, 3.8) is 0 Å². The van der Waals surface area contributed by atoms with Crippen LogP contribution in [0.1, 0.15) is 43.0 Å². The van der Waals surface area contributed by atoms with Crippen molar-refractivity contribution in [1.82, 2.24) is 0 Å². The molecular weight excluding hydrogens is 352 g/mol. The predicted molar refractivity (Wildman–Crippen MR) is 103 cm³/mol. The molecule has 0 saturated carbocycles. The number of nitrogens with zero attached hydrogens (tertiary/aromatic N) is 2.